The first-order chi connectivity index (χ1) is 20.0. The SMILES string of the molecule is CCCCc1cc(=O)n(Cc2ccc(-c3ccccc3-c3noc(=O)[nH]3)nc2)c(CCc2ncc(OCC)cn2)n1. The number of ether oxygens (including phenoxy) is 1. The molecule has 5 rings (SSSR count). The third-order valence-corrected chi connectivity index (χ3v) is 6.56. The molecule has 0 saturated heterocycles. The van der Waals surface area contributed by atoms with Gasteiger partial charge in [-0.05, 0) is 31.4 Å². The summed E-state index contributed by atoms with van der Waals surface area (Å²) in [7, 11) is 0. The Labute approximate surface area is 236 Å². The first kappa shape index (κ1) is 27.6. The van der Waals surface area contributed by atoms with Crippen molar-refractivity contribution in [2.75, 3.05) is 6.61 Å². The lowest BCUT2D eigenvalue weighted by molar-refractivity contribution is 0.337. The molecular weight excluding hydrogens is 522 g/mol. The highest BCUT2D eigenvalue weighted by Crippen LogP contribution is 2.28. The summed E-state index contributed by atoms with van der Waals surface area (Å²) in [5, 5.41) is 3.81. The summed E-state index contributed by atoms with van der Waals surface area (Å²) in [6.07, 6.45) is 8.86. The molecule has 1 N–H and O–H groups in total. The van der Waals surface area contributed by atoms with Crippen molar-refractivity contribution >= 4 is 0 Å². The molecule has 0 atom stereocenters. The zero-order valence-corrected chi connectivity index (χ0v) is 23.0. The molecular formula is C30H31N7O4. The molecule has 4 heterocycles. The van der Waals surface area contributed by atoms with Crippen LogP contribution in [0.3, 0.4) is 0 Å². The van der Waals surface area contributed by atoms with Gasteiger partial charge in [0.05, 0.1) is 31.2 Å². The van der Waals surface area contributed by atoms with Gasteiger partial charge in [0.25, 0.3) is 5.56 Å². The van der Waals surface area contributed by atoms with Gasteiger partial charge in [-0.25, -0.2) is 19.7 Å². The van der Waals surface area contributed by atoms with Crippen LogP contribution in [0.2, 0.25) is 0 Å². The second-order valence-corrected chi connectivity index (χ2v) is 9.50. The van der Waals surface area contributed by atoms with Crippen molar-refractivity contribution in [3.63, 3.8) is 0 Å². The normalized spacial score (nSPS) is 11.1. The number of aromatic nitrogens is 7. The number of H-pyrrole nitrogens is 1. The van der Waals surface area contributed by atoms with E-state index in [1.54, 1.807) is 29.2 Å². The maximum absolute atomic E-state index is 13.3. The van der Waals surface area contributed by atoms with Crippen LogP contribution >= 0.6 is 0 Å². The third kappa shape index (κ3) is 6.81. The smallest absolute Gasteiger partial charge is 0.439 e. The molecule has 0 radical (unpaired) electrons. The Morgan fingerprint density at radius 1 is 0.927 bits per heavy atom. The Morgan fingerprint density at radius 3 is 2.41 bits per heavy atom. The Bertz CT molecular complexity index is 1710. The van der Waals surface area contributed by atoms with Crippen LogP contribution in [0.15, 0.2) is 75.2 Å². The molecule has 0 aliphatic heterocycles. The van der Waals surface area contributed by atoms with E-state index < -0.39 is 5.76 Å². The van der Waals surface area contributed by atoms with Gasteiger partial charge in [-0.2, -0.15) is 0 Å². The summed E-state index contributed by atoms with van der Waals surface area (Å²) in [5.74, 6) is 1.68. The first-order valence-electron chi connectivity index (χ1n) is 13.7. The molecule has 5 aromatic rings. The fraction of sp³-hybridized carbons (Fsp3) is 0.300. The largest absolute Gasteiger partial charge is 0.491 e. The highest BCUT2D eigenvalue weighted by molar-refractivity contribution is 5.78. The maximum atomic E-state index is 13.3. The Morgan fingerprint density at radius 2 is 1.73 bits per heavy atom. The van der Waals surface area contributed by atoms with Crippen LogP contribution in [-0.2, 0) is 25.8 Å². The molecule has 0 amide bonds. The Balaban J connectivity index is 1.39. The quantitative estimate of drug-likeness (QED) is 0.242. The summed E-state index contributed by atoms with van der Waals surface area (Å²) in [6, 6.07) is 12.9. The van der Waals surface area contributed by atoms with Gasteiger partial charge >= 0.3 is 5.76 Å². The van der Waals surface area contributed by atoms with Gasteiger partial charge in [0, 0.05) is 41.9 Å². The minimum atomic E-state index is -0.622. The van der Waals surface area contributed by atoms with E-state index in [4.69, 9.17) is 9.72 Å². The van der Waals surface area contributed by atoms with Crippen molar-refractivity contribution in [1.82, 2.24) is 34.6 Å². The Kier molecular flexibility index (Phi) is 8.73. The highest BCUT2D eigenvalue weighted by atomic mass is 16.5. The molecule has 11 nitrogen and oxygen atoms in total. The van der Waals surface area contributed by atoms with E-state index >= 15 is 0 Å². The van der Waals surface area contributed by atoms with Gasteiger partial charge in [0.1, 0.15) is 11.6 Å². The summed E-state index contributed by atoms with van der Waals surface area (Å²) in [6.45, 7) is 4.90. The van der Waals surface area contributed by atoms with Crippen LogP contribution < -0.4 is 16.1 Å². The molecule has 4 aromatic heterocycles. The minimum Gasteiger partial charge on any atom is -0.491 e. The average molecular weight is 554 g/mol. The van der Waals surface area contributed by atoms with Crippen molar-refractivity contribution in [3.8, 4) is 28.4 Å². The van der Waals surface area contributed by atoms with E-state index in [9.17, 15) is 9.59 Å². The summed E-state index contributed by atoms with van der Waals surface area (Å²) < 4.78 is 11.8. The lowest BCUT2D eigenvalue weighted by atomic mass is 10.0. The first-order valence-corrected chi connectivity index (χ1v) is 13.7. The Hall–Kier alpha value is -4.93. The molecule has 1 aromatic carbocycles. The van der Waals surface area contributed by atoms with Gasteiger partial charge in [-0.3, -0.25) is 23.9 Å². The van der Waals surface area contributed by atoms with Crippen LogP contribution in [-0.4, -0.2) is 41.3 Å². The van der Waals surface area contributed by atoms with Crippen molar-refractivity contribution in [2.45, 2.75) is 52.5 Å². The number of hydrogen-bond donors (Lipinski definition) is 1. The molecule has 0 bridgehead atoms. The number of pyridine rings is 1. The van der Waals surface area contributed by atoms with Crippen LogP contribution in [0, 0.1) is 0 Å². The molecule has 210 valence electrons. The lowest BCUT2D eigenvalue weighted by Crippen LogP contribution is -2.27. The molecule has 0 fully saturated rings. The van der Waals surface area contributed by atoms with Crippen molar-refractivity contribution in [1.29, 1.82) is 0 Å². The van der Waals surface area contributed by atoms with Crippen molar-refractivity contribution in [2.24, 2.45) is 0 Å². The molecule has 11 heteroatoms. The van der Waals surface area contributed by atoms with Gasteiger partial charge in [-0.15, -0.1) is 0 Å². The molecule has 0 aliphatic rings. The number of nitrogens with zero attached hydrogens (tertiary/aromatic N) is 6. The van der Waals surface area contributed by atoms with E-state index in [0.29, 0.717) is 60.5 Å². The topological polar surface area (TPSA) is 142 Å². The van der Waals surface area contributed by atoms with Gasteiger partial charge in [0.2, 0.25) is 0 Å². The van der Waals surface area contributed by atoms with Crippen LogP contribution in [0.5, 0.6) is 5.75 Å². The fourth-order valence-corrected chi connectivity index (χ4v) is 4.51. The van der Waals surface area contributed by atoms with E-state index in [2.05, 4.69) is 36.5 Å². The number of rotatable bonds is 12. The molecule has 0 aliphatic carbocycles. The molecule has 0 saturated carbocycles. The van der Waals surface area contributed by atoms with Crippen LogP contribution in [0.1, 0.15) is 49.6 Å². The predicted octanol–water partition coefficient (Wildman–Crippen LogP) is 4.01. The second kappa shape index (κ2) is 12.9. The number of unbranched alkanes of at least 4 members (excludes halogenated alkanes) is 1. The summed E-state index contributed by atoms with van der Waals surface area (Å²) in [5.41, 5.74) is 3.73. The third-order valence-electron chi connectivity index (χ3n) is 6.56. The highest BCUT2D eigenvalue weighted by Gasteiger charge is 2.14. The second-order valence-electron chi connectivity index (χ2n) is 9.50. The van der Waals surface area contributed by atoms with E-state index in [1.807, 2.05) is 43.3 Å². The number of aryl methyl sites for hydroxylation is 3. The molecule has 41 heavy (non-hydrogen) atoms. The standard InChI is InChI=1S/C30H31N7O4/c1-3-5-8-21-15-28(38)37(27(34-21)14-13-26-32-17-22(18-33-26)40-4-2)19-20-11-12-25(31-16-20)23-9-6-7-10-24(23)29-35-30(39)41-36-29/h6-7,9-12,15-18H,3-5,8,13-14,19H2,1-2H3,(H,35,36,39). The zero-order valence-electron chi connectivity index (χ0n) is 23.0. The summed E-state index contributed by atoms with van der Waals surface area (Å²) >= 11 is 0. The predicted molar refractivity (Wildman–Crippen MR) is 153 cm³/mol. The zero-order chi connectivity index (χ0) is 28.6. The molecule has 0 spiro atoms. The number of benzene rings is 1. The fourth-order valence-electron chi connectivity index (χ4n) is 4.51. The van der Waals surface area contributed by atoms with Crippen molar-refractivity contribution < 1.29 is 9.26 Å². The lowest BCUT2D eigenvalue weighted by Gasteiger charge is -2.14. The number of nitrogens with one attached hydrogen (secondary N) is 1. The van der Waals surface area contributed by atoms with Gasteiger partial charge in [0.15, 0.2) is 11.6 Å². The van der Waals surface area contributed by atoms with Gasteiger partial charge in [-0.1, -0.05) is 48.8 Å². The summed E-state index contributed by atoms with van der Waals surface area (Å²) in [4.78, 5) is 45.6. The molecule has 0 unspecified atom stereocenters. The van der Waals surface area contributed by atoms with E-state index in [-0.39, 0.29) is 5.56 Å². The van der Waals surface area contributed by atoms with Crippen molar-refractivity contribution in [3.05, 3.63) is 105 Å². The number of aromatic amines is 1. The average Bonchev–Trinajstić information content (AvgIpc) is 3.43. The minimum absolute atomic E-state index is 0.0990. The van der Waals surface area contributed by atoms with Crippen LogP contribution in [0.25, 0.3) is 22.6 Å². The monoisotopic (exact) mass is 553 g/mol. The van der Waals surface area contributed by atoms with E-state index in [0.717, 1.165) is 36.1 Å². The van der Waals surface area contributed by atoms with E-state index in [1.165, 1.54) is 0 Å². The number of hydrogen-bond acceptors (Lipinski definition) is 9. The maximum Gasteiger partial charge on any atom is 0.439 e. The van der Waals surface area contributed by atoms with Crippen LogP contribution in [0.4, 0.5) is 0 Å². The van der Waals surface area contributed by atoms with Gasteiger partial charge < -0.3 is 4.74 Å².